The number of nitrogens with one attached hydrogen (secondary N) is 2. The molecule has 1 aliphatic carbocycles. The minimum absolute atomic E-state index is 0.0727. The molecule has 2 aromatic rings. The molecular formula is C24H28N2O6. The largest absolute Gasteiger partial charge is 0.493 e. The summed E-state index contributed by atoms with van der Waals surface area (Å²) < 4.78 is 15.8. The van der Waals surface area contributed by atoms with E-state index in [1.54, 1.807) is 0 Å². The van der Waals surface area contributed by atoms with Crippen LogP contribution in [0.5, 0.6) is 11.5 Å². The zero-order valence-corrected chi connectivity index (χ0v) is 18.9. The molecule has 2 N–H and O–H groups in total. The highest BCUT2D eigenvalue weighted by Gasteiger charge is 2.39. The van der Waals surface area contributed by atoms with Gasteiger partial charge in [0.05, 0.1) is 25.5 Å². The molecule has 2 aromatic carbocycles. The zero-order chi connectivity index (χ0) is 23.4. The topological polar surface area (TPSA) is 103 Å². The third-order valence-electron chi connectivity index (χ3n) is 5.29. The van der Waals surface area contributed by atoms with Crippen LogP contribution in [0.15, 0.2) is 30.3 Å². The Kier molecular flexibility index (Phi) is 7.02. The molecule has 3 rings (SSSR count). The smallest absolute Gasteiger partial charge is 0.340 e. The zero-order valence-electron chi connectivity index (χ0n) is 18.9. The first-order valence-corrected chi connectivity index (χ1v) is 10.3. The fourth-order valence-corrected chi connectivity index (χ4v) is 3.52. The average molecular weight is 440 g/mol. The Morgan fingerprint density at radius 2 is 1.53 bits per heavy atom. The molecule has 0 spiro atoms. The number of ether oxygens (including phenoxy) is 3. The van der Waals surface area contributed by atoms with Gasteiger partial charge >= 0.3 is 5.97 Å². The second-order valence-corrected chi connectivity index (χ2v) is 8.06. The Hall–Kier alpha value is -3.55. The Morgan fingerprint density at radius 3 is 2.09 bits per heavy atom. The van der Waals surface area contributed by atoms with Gasteiger partial charge in [-0.25, -0.2) is 4.79 Å². The van der Waals surface area contributed by atoms with Crippen LogP contribution in [0.3, 0.4) is 0 Å². The molecule has 32 heavy (non-hydrogen) atoms. The van der Waals surface area contributed by atoms with Crippen molar-refractivity contribution in [3.05, 3.63) is 47.0 Å². The number of aryl methyl sites for hydroxylation is 2. The minimum Gasteiger partial charge on any atom is -0.493 e. The number of methoxy groups -OCH3 is 2. The summed E-state index contributed by atoms with van der Waals surface area (Å²) in [6.07, 6.45) is 0.803. The van der Waals surface area contributed by atoms with Crippen molar-refractivity contribution >= 4 is 29.2 Å². The molecule has 170 valence electrons. The summed E-state index contributed by atoms with van der Waals surface area (Å²) in [7, 11) is 2.90. The van der Waals surface area contributed by atoms with E-state index in [9.17, 15) is 14.4 Å². The summed E-state index contributed by atoms with van der Waals surface area (Å²) in [6.45, 7) is 5.37. The lowest BCUT2D eigenvalue weighted by atomic mass is 10.1. The quantitative estimate of drug-likeness (QED) is 0.607. The lowest BCUT2D eigenvalue weighted by Gasteiger charge is -2.15. The van der Waals surface area contributed by atoms with Gasteiger partial charge in [-0.1, -0.05) is 13.0 Å². The lowest BCUT2D eigenvalue weighted by molar-refractivity contribution is -0.119. The van der Waals surface area contributed by atoms with Crippen molar-refractivity contribution in [2.24, 2.45) is 11.8 Å². The monoisotopic (exact) mass is 440 g/mol. The summed E-state index contributed by atoms with van der Waals surface area (Å²) in [5.41, 5.74) is 2.96. The second kappa shape index (κ2) is 9.72. The molecule has 2 unspecified atom stereocenters. The van der Waals surface area contributed by atoms with E-state index in [1.807, 2.05) is 39.0 Å². The van der Waals surface area contributed by atoms with E-state index < -0.39 is 18.5 Å². The Bertz CT molecular complexity index is 1030. The fraction of sp³-hybridized carbons (Fsp3) is 0.375. The van der Waals surface area contributed by atoms with Crippen molar-refractivity contribution in [1.82, 2.24) is 0 Å². The Morgan fingerprint density at radius 1 is 0.938 bits per heavy atom. The van der Waals surface area contributed by atoms with Gasteiger partial charge in [0.25, 0.3) is 5.91 Å². The molecule has 1 fully saturated rings. The normalized spacial score (nSPS) is 16.7. The number of hydrogen-bond donors (Lipinski definition) is 2. The molecule has 0 aromatic heterocycles. The van der Waals surface area contributed by atoms with E-state index >= 15 is 0 Å². The van der Waals surface area contributed by atoms with Crippen LogP contribution < -0.4 is 20.1 Å². The number of carbonyl (C=O) groups is 3. The van der Waals surface area contributed by atoms with Gasteiger partial charge in [0.15, 0.2) is 18.1 Å². The fourth-order valence-electron chi connectivity index (χ4n) is 3.52. The van der Waals surface area contributed by atoms with E-state index in [4.69, 9.17) is 14.2 Å². The molecule has 0 bridgehead atoms. The van der Waals surface area contributed by atoms with Gasteiger partial charge in [-0.15, -0.1) is 0 Å². The van der Waals surface area contributed by atoms with Crippen LogP contribution in [0, 0.1) is 25.7 Å². The number of hydrogen-bond acceptors (Lipinski definition) is 6. The number of benzene rings is 2. The maximum atomic E-state index is 12.8. The number of rotatable bonds is 8. The SMILES string of the molecule is COc1cc(NC(=O)C2CC2C)c(C(=O)OCC(=O)Nc2cc(C)cc(C)c2)cc1OC. The maximum absolute atomic E-state index is 12.8. The van der Waals surface area contributed by atoms with Crippen LogP contribution in [-0.4, -0.2) is 38.6 Å². The molecule has 1 saturated carbocycles. The molecule has 8 nitrogen and oxygen atoms in total. The van der Waals surface area contributed by atoms with Gasteiger partial charge in [0.1, 0.15) is 0 Å². The first-order chi connectivity index (χ1) is 15.2. The van der Waals surface area contributed by atoms with Crippen molar-refractivity contribution in [3.8, 4) is 11.5 Å². The van der Waals surface area contributed by atoms with Crippen LogP contribution in [0.1, 0.15) is 34.8 Å². The van der Waals surface area contributed by atoms with E-state index in [0.717, 1.165) is 17.5 Å². The Labute approximate surface area is 187 Å². The standard InChI is InChI=1S/C24H28N2O6/c1-13-6-14(2)8-16(7-13)25-22(27)12-32-24(29)18-10-20(30-4)21(31-5)11-19(18)26-23(28)17-9-15(17)3/h6-8,10-11,15,17H,9,12H2,1-5H3,(H,25,27)(H,26,28). The van der Waals surface area contributed by atoms with Crippen molar-refractivity contribution in [2.45, 2.75) is 27.2 Å². The van der Waals surface area contributed by atoms with Crippen LogP contribution in [0.4, 0.5) is 11.4 Å². The third kappa shape index (κ3) is 5.57. The number of carbonyl (C=O) groups excluding carboxylic acids is 3. The van der Waals surface area contributed by atoms with E-state index in [2.05, 4.69) is 10.6 Å². The predicted molar refractivity (Wildman–Crippen MR) is 120 cm³/mol. The summed E-state index contributed by atoms with van der Waals surface area (Å²) in [6, 6.07) is 8.58. The average Bonchev–Trinajstić information content (AvgIpc) is 3.47. The number of amides is 2. The van der Waals surface area contributed by atoms with Crippen molar-refractivity contribution in [1.29, 1.82) is 0 Å². The van der Waals surface area contributed by atoms with Crippen LogP contribution in [0.25, 0.3) is 0 Å². The summed E-state index contributed by atoms with van der Waals surface area (Å²) >= 11 is 0. The number of anilines is 2. The van der Waals surface area contributed by atoms with Crippen LogP contribution in [-0.2, 0) is 14.3 Å². The van der Waals surface area contributed by atoms with Gasteiger partial charge in [0.2, 0.25) is 5.91 Å². The van der Waals surface area contributed by atoms with Gasteiger partial charge in [0, 0.05) is 23.7 Å². The summed E-state index contributed by atoms with van der Waals surface area (Å²) in [5.74, 6) is -0.532. The van der Waals surface area contributed by atoms with E-state index in [1.165, 1.54) is 26.4 Å². The van der Waals surface area contributed by atoms with Crippen molar-refractivity contribution in [3.63, 3.8) is 0 Å². The number of esters is 1. The minimum atomic E-state index is -0.763. The molecule has 0 radical (unpaired) electrons. The van der Waals surface area contributed by atoms with Crippen LogP contribution in [0.2, 0.25) is 0 Å². The van der Waals surface area contributed by atoms with Gasteiger partial charge in [-0.2, -0.15) is 0 Å². The van der Waals surface area contributed by atoms with Gasteiger partial charge < -0.3 is 24.8 Å². The van der Waals surface area contributed by atoms with Crippen molar-refractivity contribution < 1.29 is 28.6 Å². The third-order valence-corrected chi connectivity index (χ3v) is 5.29. The van der Waals surface area contributed by atoms with E-state index in [-0.39, 0.29) is 23.1 Å². The summed E-state index contributed by atoms with van der Waals surface area (Å²) in [4.78, 5) is 37.5. The molecule has 1 aliphatic rings. The highest BCUT2D eigenvalue weighted by Crippen LogP contribution is 2.40. The highest BCUT2D eigenvalue weighted by molar-refractivity contribution is 6.04. The second-order valence-electron chi connectivity index (χ2n) is 8.06. The molecule has 0 aliphatic heterocycles. The van der Waals surface area contributed by atoms with Gasteiger partial charge in [-0.05, 0) is 49.4 Å². The molecule has 8 heteroatoms. The van der Waals surface area contributed by atoms with Crippen LogP contribution >= 0.6 is 0 Å². The first kappa shape index (κ1) is 23.1. The van der Waals surface area contributed by atoms with E-state index in [0.29, 0.717) is 23.1 Å². The predicted octanol–water partition coefficient (Wildman–Crippen LogP) is 3.71. The lowest BCUT2D eigenvalue weighted by Crippen LogP contribution is -2.22. The van der Waals surface area contributed by atoms with Gasteiger partial charge in [-0.3, -0.25) is 9.59 Å². The molecule has 0 heterocycles. The first-order valence-electron chi connectivity index (χ1n) is 10.3. The maximum Gasteiger partial charge on any atom is 0.340 e. The molecular weight excluding hydrogens is 412 g/mol. The van der Waals surface area contributed by atoms with Crippen molar-refractivity contribution in [2.75, 3.05) is 31.5 Å². The summed E-state index contributed by atoms with van der Waals surface area (Å²) in [5, 5.41) is 5.49. The molecule has 2 amide bonds. The Balaban J connectivity index is 1.73. The molecule has 2 atom stereocenters. The highest BCUT2D eigenvalue weighted by atomic mass is 16.5. The molecule has 0 saturated heterocycles.